The maximum Gasteiger partial charge on any atom is 0.416 e. The minimum Gasteiger partial charge on any atom is -0.464 e. The number of Topliss-reactive ketones (excluding diaryl/α,β-unsaturated/α-hetero) is 1. The number of benzene rings is 2. The maximum atomic E-state index is 12.7. The van der Waals surface area contributed by atoms with Gasteiger partial charge in [0.15, 0.2) is 12.4 Å². The standard InChI is InChI=1S/C27H28F3NO8/c1-4-37-24(35)26(31-17(3)32,25(36)38-5-2)15-14-18-6-8-19(9-7-18)22(33)16-39-23(34)20-10-12-21(13-11-20)27(28,29)30/h6-13H,4-5,14-16H2,1-3H3,(H,31,32). The number of amides is 1. The largest absolute Gasteiger partial charge is 0.464 e. The second-order valence-electron chi connectivity index (χ2n) is 8.30. The SMILES string of the molecule is CCOC(=O)C(CCc1ccc(C(=O)COC(=O)c2ccc(C(F)(F)F)cc2)cc1)(NC(C)=O)C(=O)OCC. The van der Waals surface area contributed by atoms with Crippen molar-refractivity contribution >= 4 is 29.6 Å². The molecule has 0 aliphatic carbocycles. The highest BCUT2D eigenvalue weighted by atomic mass is 19.4. The number of ether oxygens (including phenoxy) is 3. The molecule has 0 aliphatic heterocycles. The van der Waals surface area contributed by atoms with Crippen LogP contribution in [-0.4, -0.2) is 55.0 Å². The van der Waals surface area contributed by atoms with Crippen molar-refractivity contribution in [3.8, 4) is 0 Å². The molecule has 0 spiro atoms. The van der Waals surface area contributed by atoms with Crippen molar-refractivity contribution in [1.82, 2.24) is 5.32 Å². The molecule has 0 aliphatic rings. The Labute approximate surface area is 222 Å². The molecule has 0 radical (unpaired) electrons. The summed E-state index contributed by atoms with van der Waals surface area (Å²) >= 11 is 0. The van der Waals surface area contributed by atoms with Crippen molar-refractivity contribution in [2.75, 3.05) is 19.8 Å². The number of hydrogen-bond acceptors (Lipinski definition) is 8. The number of esters is 3. The van der Waals surface area contributed by atoms with E-state index in [2.05, 4.69) is 5.32 Å². The third-order valence-electron chi connectivity index (χ3n) is 5.48. The fourth-order valence-corrected chi connectivity index (χ4v) is 3.54. The average Bonchev–Trinajstić information content (AvgIpc) is 2.89. The van der Waals surface area contributed by atoms with Crippen molar-refractivity contribution in [1.29, 1.82) is 0 Å². The van der Waals surface area contributed by atoms with Gasteiger partial charge in [-0.1, -0.05) is 24.3 Å². The molecule has 39 heavy (non-hydrogen) atoms. The van der Waals surface area contributed by atoms with Gasteiger partial charge in [0.1, 0.15) is 0 Å². The molecule has 0 bridgehead atoms. The third-order valence-corrected chi connectivity index (χ3v) is 5.48. The summed E-state index contributed by atoms with van der Waals surface area (Å²) in [5.41, 5.74) is -2.33. The molecule has 0 fully saturated rings. The van der Waals surface area contributed by atoms with Crippen molar-refractivity contribution in [3.05, 3.63) is 70.8 Å². The van der Waals surface area contributed by atoms with Crippen LogP contribution in [0.3, 0.4) is 0 Å². The maximum absolute atomic E-state index is 12.7. The lowest BCUT2D eigenvalue weighted by molar-refractivity contribution is -0.168. The summed E-state index contributed by atoms with van der Waals surface area (Å²) in [5, 5.41) is 2.37. The molecule has 0 atom stereocenters. The van der Waals surface area contributed by atoms with Gasteiger partial charge in [-0.15, -0.1) is 0 Å². The summed E-state index contributed by atoms with van der Waals surface area (Å²) in [5.74, 6) is -4.07. The van der Waals surface area contributed by atoms with Crippen molar-refractivity contribution in [2.45, 2.75) is 45.3 Å². The Morgan fingerprint density at radius 1 is 0.769 bits per heavy atom. The number of rotatable bonds is 12. The van der Waals surface area contributed by atoms with Crippen LogP contribution in [0.15, 0.2) is 48.5 Å². The molecule has 0 heterocycles. The van der Waals surface area contributed by atoms with E-state index in [0.29, 0.717) is 5.56 Å². The van der Waals surface area contributed by atoms with Crippen LogP contribution in [0.4, 0.5) is 13.2 Å². The molecule has 2 aromatic rings. The van der Waals surface area contributed by atoms with Gasteiger partial charge >= 0.3 is 24.1 Å². The normalized spacial score (nSPS) is 11.3. The van der Waals surface area contributed by atoms with Gasteiger partial charge in [0, 0.05) is 12.5 Å². The highest BCUT2D eigenvalue weighted by Gasteiger charge is 2.49. The van der Waals surface area contributed by atoms with E-state index in [1.807, 2.05) is 0 Å². The van der Waals surface area contributed by atoms with Crippen LogP contribution in [0.25, 0.3) is 0 Å². The first-order valence-corrected chi connectivity index (χ1v) is 11.9. The topological polar surface area (TPSA) is 125 Å². The Balaban J connectivity index is 2.06. The second kappa shape index (κ2) is 13.5. The van der Waals surface area contributed by atoms with Crippen LogP contribution in [0.2, 0.25) is 0 Å². The second-order valence-corrected chi connectivity index (χ2v) is 8.30. The molecule has 1 amide bonds. The Morgan fingerprint density at radius 3 is 1.74 bits per heavy atom. The third kappa shape index (κ3) is 8.39. The Morgan fingerprint density at radius 2 is 1.28 bits per heavy atom. The number of carbonyl (C=O) groups is 5. The lowest BCUT2D eigenvalue weighted by atomic mass is 9.90. The molecule has 210 valence electrons. The van der Waals surface area contributed by atoms with Crippen molar-refractivity contribution < 1.29 is 51.4 Å². The number of aryl methyl sites for hydroxylation is 1. The summed E-state index contributed by atoms with van der Waals surface area (Å²) in [6.45, 7) is 3.56. The van der Waals surface area contributed by atoms with E-state index in [4.69, 9.17) is 14.2 Å². The minimum atomic E-state index is -4.55. The minimum absolute atomic E-state index is 0.0280. The number of halogens is 3. The summed E-state index contributed by atoms with van der Waals surface area (Å²) < 4.78 is 52.9. The summed E-state index contributed by atoms with van der Waals surface area (Å²) in [4.78, 5) is 61.7. The van der Waals surface area contributed by atoms with Crippen LogP contribution in [-0.2, 0) is 41.2 Å². The molecule has 2 rings (SSSR count). The summed E-state index contributed by atoms with van der Waals surface area (Å²) in [7, 11) is 0. The molecular weight excluding hydrogens is 523 g/mol. The number of alkyl halides is 3. The van der Waals surface area contributed by atoms with E-state index in [-0.39, 0.29) is 37.2 Å². The number of ketones is 1. The van der Waals surface area contributed by atoms with Gasteiger partial charge < -0.3 is 19.5 Å². The number of carbonyl (C=O) groups excluding carboxylic acids is 5. The first-order valence-electron chi connectivity index (χ1n) is 11.9. The zero-order valence-electron chi connectivity index (χ0n) is 21.6. The van der Waals surface area contributed by atoms with E-state index < -0.39 is 53.5 Å². The van der Waals surface area contributed by atoms with Crippen LogP contribution < -0.4 is 5.32 Å². The van der Waals surface area contributed by atoms with E-state index >= 15 is 0 Å². The van der Waals surface area contributed by atoms with Crippen LogP contribution >= 0.6 is 0 Å². The Bertz CT molecular complexity index is 1170. The summed E-state index contributed by atoms with van der Waals surface area (Å²) in [6.07, 6.45) is -4.61. The van der Waals surface area contributed by atoms with Crippen LogP contribution in [0.5, 0.6) is 0 Å². The predicted octanol–water partition coefficient (Wildman–Crippen LogP) is 3.68. The molecule has 0 unspecified atom stereocenters. The quantitative estimate of drug-likeness (QED) is 0.183. The number of nitrogens with one attached hydrogen (secondary N) is 1. The highest BCUT2D eigenvalue weighted by Crippen LogP contribution is 2.29. The Hall–Kier alpha value is -4.22. The van der Waals surface area contributed by atoms with Crippen LogP contribution in [0, 0.1) is 0 Å². The van der Waals surface area contributed by atoms with E-state index in [1.165, 1.54) is 12.1 Å². The molecule has 9 nitrogen and oxygen atoms in total. The average molecular weight is 552 g/mol. The van der Waals surface area contributed by atoms with Gasteiger partial charge in [-0.2, -0.15) is 13.2 Å². The van der Waals surface area contributed by atoms with Gasteiger partial charge in [-0.25, -0.2) is 14.4 Å². The molecule has 12 heteroatoms. The lowest BCUT2D eigenvalue weighted by Crippen LogP contribution is -2.61. The highest BCUT2D eigenvalue weighted by molar-refractivity contribution is 6.07. The predicted molar refractivity (Wildman–Crippen MR) is 131 cm³/mol. The van der Waals surface area contributed by atoms with Gasteiger partial charge in [0.25, 0.3) is 0 Å². The lowest BCUT2D eigenvalue weighted by Gasteiger charge is -2.29. The van der Waals surface area contributed by atoms with Crippen LogP contribution in [0.1, 0.15) is 59.0 Å². The first-order chi connectivity index (χ1) is 18.3. The fraction of sp³-hybridized carbons (Fsp3) is 0.370. The molecule has 2 aromatic carbocycles. The van der Waals surface area contributed by atoms with Crippen molar-refractivity contribution in [3.63, 3.8) is 0 Å². The monoisotopic (exact) mass is 551 g/mol. The van der Waals surface area contributed by atoms with E-state index in [1.54, 1.807) is 26.0 Å². The fourth-order valence-electron chi connectivity index (χ4n) is 3.54. The molecule has 1 N–H and O–H groups in total. The molecular formula is C27H28F3NO8. The van der Waals surface area contributed by atoms with E-state index in [9.17, 15) is 37.1 Å². The zero-order chi connectivity index (χ0) is 29.2. The van der Waals surface area contributed by atoms with E-state index in [0.717, 1.165) is 31.2 Å². The smallest absolute Gasteiger partial charge is 0.416 e. The summed E-state index contributed by atoms with van der Waals surface area (Å²) in [6, 6.07) is 9.38. The molecule has 0 saturated carbocycles. The van der Waals surface area contributed by atoms with Crippen molar-refractivity contribution in [2.24, 2.45) is 0 Å². The van der Waals surface area contributed by atoms with Gasteiger partial charge in [0.2, 0.25) is 11.4 Å². The molecule has 0 saturated heterocycles. The van der Waals surface area contributed by atoms with Gasteiger partial charge in [-0.05, 0) is 56.5 Å². The van der Waals surface area contributed by atoms with Gasteiger partial charge in [-0.3, -0.25) is 9.59 Å². The number of hydrogen-bond donors (Lipinski definition) is 1. The molecule has 0 aromatic heterocycles. The Kier molecular flexibility index (Phi) is 10.8. The zero-order valence-corrected chi connectivity index (χ0v) is 21.6. The van der Waals surface area contributed by atoms with Gasteiger partial charge in [0.05, 0.1) is 24.3 Å². The first kappa shape index (κ1) is 31.0.